The molecule has 0 spiro atoms. The fourth-order valence-corrected chi connectivity index (χ4v) is 3.32. The number of aromatic carboxylic acids is 1. The van der Waals surface area contributed by atoms with Gasteiger partial charge in [0.1, 0.15) is 0 Å². The number of piperazine rings is 1. The Labute approximate surface area is 130 Å². The van der Waals surface area contributed by atoms with E-state index in [0.29, 0.717) is 5.56 Å². The first kappa shape index (κ1) is 15.1. The van der Waals surface area contributed by atoms with Gasteiger partial charge in [-0.2, -0.15) is 0 Å². The molecule has 0 radical (unpaired) electrons. The molecule has 0 atom stereocenters. The summed E-state index contributed by atoms with van der Waals surface area (Å²) in [4.78, 5) is 17.2. The summed E-state index contributed by atoms with van der Waals surface area (Å²) in [5.41, 5.74) is 4.45. The van der Waals surface area contributed by atoms with Crippen LogP contribution in [-0.2, 0) is 6.42 Å². The van der Waals surface area contributed by atoms with Crippen LogP contribution in [-0.4, -0.2) is 53.7 Å². The van der Waals surface area contributed by atoms with Crippen LogP contribution in [0.15, 0.2) is 12.1 Å². The number of fused-ring (bicyclic) bond motifs is 1. The van der Waals surface area contributed by atoms with Crippen LogP contribution < -0.4 is 5.32 Å². The van der Waals surface area contributed by atoms with E-state index in [1.54, 1.807) is 6.07 Å². The van der Waals surface area contributed by atoms with Crippen molar-refractivity contribution in [3.8, 4) is 0 Å². The molecule has 0 aliphatic carbocycles. The fourth-order valence-electron chi connectivity index (χ4n) is 3.32. The van der Waals surface area contributed by atoms with Gasteiger partial charge in [-0.25, -0.2) is 4.79 Å². The molecule has 22 heavy (non-hydrogen) atoms. The molecule has 1 saturated heterocycles. The van der Waals surface area contributed by atoms with Gasteiger partial charge >= 0.3 is 5.97 Å². The molecule has 0 unspecified atom stereocenters. The first-order valence-electron chi connectivity index (χ1n) is 7.84. The van der Waals surface area contributed by atoms with Gasteiger partial charge in [0, 0.05) is 43.8 Å². The highest BCUT2D eigenvalue weighted by molar-refractivity contribution is 6.03. The number of H-pyrrole nitrogens is 1. The van der Waals surface area contributed by atoms with Gasteiger partial charge in [-0.3, -0.25) is 0 Å². The van der Waals surface area contributed by atoms with Crippen molar-refractivity contribution in [3.63, 3.8) is 0 Å². The SMILES string of the molecule is Cc1cc(C(=O)O)c2[nH]c(C)c(CCN3CCNCC3)c2c1. The number of aromatic amines is 1. The Bertz CT molecular complexity index is 699. The number of nitrogens with one attached hydrogen (secondary N) is 2. The smallest absolute Gasteiger partial charge is 0.337 e. The van der Waals surface area contributed by atoms with Gasteiger partial charge in [-0.15, -0.1) is 0 Å². The van der Waals surface area contributed by atoms with Crippen molar-refractivity contribution in [1.29, 1.82) is 0 Å². The summed E-state index contributed by atoms with van der Waals surface area (Å²) >= 11 is 0. The molecule has 0 bridgehead atoms. The van der Waals surface area contributed by atoms with Crippen LogP contribution >= 0.6 is 0 Å². The number of aryl methyl sites for hydroxylation is 2. The molecule has 1 aliphatic heterocycles. The molecule has 1 aromatic carbocycles. The number of carboxylic acid groups (broad SMARTS) is 1. The lowest BCUT2D eigenvalue weighted by Crippen LogP contribution is -2.44. The molecule has 3 N–H and O–H groups in total. The Kier molecular flexibility index (Phi) is 4.18. The van der Waals surface area contributed by atoms with Gasteiger partial charge in [0.15, 0.2) is 0 Å². The largest absolute Gasteiger partial charge is 0.478 e. The lowest BCUT2D eigenvalue weighted by atomic mass is 10.0. The van der Waals surface area contributed by atoms with E-state index in [1.165, 1.54) is 5.56 Å². The van der Waals surface area contributed by atoms with E-state index >= 15 is 0 Å². The van der Waals surface area contributed by atoms with Crippen LogP contribution in [0.4, 0.5) is 0 Å². The predicted octanol–water partition coefficient (Wildman–Crippen LogP) is 1.93. The summed E-state index contributed by atoms with van der Waals surface area (Å²) < 4.78 is 0. The number of rotatable bonds is 4. The number of carbonyl (C=O) groups is 1. The zero-order valence-corrected chi connectivity index (χ0v) is 13.2. The van der Waals surface area contributed by atoms with E-state index in [0.717, 1.165) is 61.3 Å². The minimum atomic E-state index is -0.872. The van der Waals surface area contributed by atoms with Crippen molar-refractivity contribution in [2.75, 3.05) is 32.7 Å². The van der Waals surface area contributed by atoms with E-state index in [9.17, 15) is 9.90 Å². The van der Waals surface area contributed by atoms with E-state index < -0.39 is 5.97 Å². The number of aromatic nitrogens is 1. The van der Waals surface area contributed by atoms with Crippen LogP contribution in [0, 0.1) is 13.8 Å². The predicted molar refractivity (Wildman–Crippen MR) is 87.7 cm³/mol. The first-order chi connectivity index (χ1) is 10.6. The molecule has 2 heterocycles. The highest BCUT2D eigenvalue weighted by atomic mass is 16.4. The summed E-state index contributed by atoms with van der Waals surface area (Å²) in [6.07, 6.45) is 0.953. The van der Waals surface area contributed by atoms with Crippen LogP contribution in [0.25, 0.3) is 10.9 Å². The zero-order valence-electron chi connectivity index (χ0n) is 13.2. The van der Waals surface area contributed by atoms with Crippen molar-refractivity contribution in [2.45, 2.75) is 20.3 Å². The van der Waals surface area contributed by atoms with Gasteiger partial charge < -0.3 is 20.3 Å². The van der Waals surface area contributed by atoms with E-state index in [4.69, 9.17) is 0 Å². The maximum absolute atomic E-state index is 11.5. The number of nitrogens with zero attached hydrogens (tertiary/aromatic N) is 1. The van der Waals surface area contributed by atoms with Gasteiger partial charge in [0.05, 0.1) is 11.1 Å². The molecule has 118 valence electrons. The van der Waals surface area contributed by atoms with Gasteiger partial charge in [-0.1, -0.05) is 0 Å². The Morgan fingerprint density at radius 1 is 1.27 bits per heavy atom. The molecule has 1 aromatic heterocycles. The average molecular weight is 301 g/mol. The molecule has 1 aliphatic rings. The Hall–Kier alpha value is -1.85. The zero-order chi connectivity index (χ0) is 15.7. The standard InChI is InChI=1S/C17H23N3O2/c1-11-9-14-13(3-6-20-7-4-18-5-8-20)12(2)19-16(14)15(10-11)17(21)22/h9-10,18-19H,3-8H2,1-2H3,(H,21,22). The third-order valence-electron chi connectivity index (χ3n) is 4.49. The highest BCUT2D eigenvalue weighted by Crippen LogP contribution is 2.27. The Morgan fingerprint density at radius 3 is 2.68 bits per heavy atom. The van der Waals surface area contributed by atoms with Crippen LogP contribution in [0.3, 0.4) is 0 Å². The number of hydrogen-bond donors (Lipinski definition) is 3. The number of benzene rings is 1. The molecule has 5 nitrogen and oxygen atoms in total. The lowest BCUT2D eigenvalue weighted by molar-refractivity contribution is 0.0698. The van der Waals surface area contributed by atoms with Crippen molar-refractivity contribution >= 4 is 16.9 Å². The van der Waals surface area contributed by atoms with Crippen molar-refractivity contribution in [1.82, 2.24) is 15.2 Å². The summed E-state index contributed by atoms with van der Waals surface area (Å²) in [7, 11) is 0. The minimum Gasteiger partial charge on any atom is -0.478 e. The number of carboxylic acids is 1. The molecule has 1 fully saturated rings. The summed E-state index contributed by atoms with van der Waals surface area (Å²) in [6.45, 7) is 9.28. The Balaban J connectivity index is 1.91. The molecular formula is C17H23N3O2. The van der Waals surface area contributed by atoms with E-state index in [-0.39, 0.29) is 0 Å². The third-order valence-corrected chi connectivity index (χ3v) is 4.49. The molecule has 3 rings (SSSR count). The third kappa shape index (κ3) is 2.87. The molecule has 0 amide bonds. The summed E-state index contributed by atoms with van der Waals surface area (Å²) in [5.74, 6) is -0.872. The van der Waals surface area contributed by atoms with Gasteiger partial charge in [-0.05, 0) is 43.5 Å². The summed E-state index contributed by atoms with van der Waals surface area (Å²) in [6, 6.07) is 3.83. The highest BCUT2D eigenvalue weighted by Gasteiger charge is 2.17. The maximum Gasteiger partial charge on any atom is 0.337 e. The second kappa shape index (κ2) is 6.10. The quantitative estimate of drug-likeness (QED) is 0.807. The average Bonchev–Trinajstić information content (AvgIpc) is 2.80. The maximum atomic E-state index is 11.5. The monoisotopic (exact) mass is 301 g/mol. The second-order valence-electron chi connectivity index (χ2n) is 6.11. The number of hydrogen-bond acceptors (Lipinski definition) is 3. The van der Waals surface area contributed by atoms with Gasteiger partial charge in [0.2, 0.25) is 0 Å². The summed E-state index contributed by atoms with van der Waals surface area (Å²) in [5, 5.41) is 13.8. The minimum absolute atomic E-state index is 0.367. The fraction of sp³-hybridized carbons (Fsp3) is 0.471. The van der Waals surface area contributed by atoms with Crippen molar-refractivity contribution in [2.24, 2.45) is 0 Å². The van der Waals surface area contributed by atoms with Crippen LogP contribution in [0.1, 0.15) is 27.2 Å². The first-order valence-corrected chi connectivity index (χ1v) is 7.84. The van der Waals surface area contributed by atoms with E-state index in [1.807, 2.05) is 13.8 Å². The van der Waals surface area contributed by atoms with Crippen molar-refractivity contribution in [3.05, 3.63) is 34.5 Å². The van der Waals surface area contributed by atoms with E-state index in [2.05, 4.69) is 21.3 Å². The Morgan fingerprint density at radius 2 is 2.00 bits per heavy atom. The second-order valence-corrected chi connectivity index (χ2v) is 6.11. The topological polar surface area (TPSA) is 68.4 Å². The molecule has 0 saturated carbocycles. The normalized spacial score (nSPS) is 16.3. The van der Waals surface area contributed by atoms with Crippen molar-refractivity contribution < 1.29 is 9.90 Å². The van der Waals surface area contributed by atoms with Gasteiger partial charge in [0.25, 0.3) is 0 Å². The van der Waals surface area contributed by atoms with Crippen LogP contribution in [0.5, 0.6) is 0 Å². The molecular weight excluding hydrogens is 278 g/mol. The van der Waals surface area contributed by atoms with Crippen LogP contribution in [0.2, 0.25) is 0 Å². The lowest BCUT2D eigenvalue weighted by Gasteiger charge is -2.27. The molecule has 5 heteroatoms. The molecule has 2 aromatic rings.